The van der Waals surface area contributed by atoms with E-state index >= 15 is 0 Å². The van der Waals surface area contributed by atoms with Crippen molar-refractivity contribution in [2.75, 3.05) is 41.3 Å². The van der Waals surface area contributed by atoms with Gasteiger partial charge in [-0.05, 0) is 49.2 Å². The third-order valence-electron chi connectivity index (χ3n) is 5.26. The Morgan fingerprint density at radius 3 is 2.18 bits per heavy atom. The fourth-order valence-corrected chi connectivity index (χ4v) is 3.68. The number of carbonyl (C=O) groups excluding carboxylic acids is 1. The lowest BCUT2D eigenvalue weighted by atomic mass is 10.1. The van der Waals surface area contributed by atoms with Crippen molar-refractivity contribution < 1.29 is 14.7 Å². The Hall–Kier alpha value is -2.73. The monoisotopic (exact) mass is 399 g/mol. The van der Waals surface area contributed by atoms with E-state index in [0.29, 0.717) is 5.69 Å². The zero-order chi connectivity index (χ0) is 19.7. The number of anilines is 3. The lowest BCUT2D eigenvalue weighted by Crippen LogP contribution is -2.46. The lowest BCUT2D eigenvalue weighted by molar-refractivity contribution is -0.117. The normalized spacial score (nSPS) is 16.8. The van der Waals surface area contributed by atoms with E-state index in [0.717, 1.165) is 55.4 Å². The van der Waals surface area contributed by atoms with Gasteiger partial charge < -0.3 is 20.2 Å². The van der Waals surface area contributed by atoms with Crippen molar-refractivity contribution in [2.45, 2.75) is 12.8 Å². The molecule has 1 saturated heterocycles. The molecule has 28 heavy (non-hydrogen) atoms. The van der Waals surface area contributed by atoms with Crippen molar-refractivity contribution in [3.05, 3.63) is 53.1 Å². The van der Waals surface area contributed by atoms with E-state index in [1.54, 1.807) is 12.1 Å². The Morgan fingerprint density at radius 2 is 1.61 bits per heavy atom. The number of piperazine rings is 1. The first-order valence-electron chi connectivity index (χ1n) is 9.45. The minimum Gasteiger partial charge on any atom is -0.478 e. The third-order valence-corrected chi connectivity index (χ3v) is 5.49. The maximum absolute atomic E-state index is 12.0. The molecule has 2 fully saturated rings. The first-order valence-corrected chi connectivity index (χ1v) is 9.83. The van der Waals surface area contributed by atoms with Gasteiger partial charge in [-0.2, -0.15) is 0 Å². The molecule has 1 saturated carbocycles. The van der Waals surface area contributed by atoms with E-state index in [-0.39, 0.29) is 17.4 Å². The van der Waals surface area contributed by atoms with Gasteiger partial charge in [-0.25, -0.2) is 4.79 Å². The Balaban J connectivity index is 1.46. The van der Waals surface area contributed by atoms with Crippen LogP contribution in [0, 0.1) is 5.92 Å². The second-order valence-corrected chi connectivity index (χ2v) is 7.69. The van der Waals surface area contributed by atoms with E-state index in [1.807, 2.05) is 30.3 Å². The van der Waals surface area contributed by atoms with Crippen molar-refractivity contribution in [2.24, 2.45) is 5.92 Å². The molecule has 0 unspecified atom stereocenters. The third kappa shape index (κ3) is 4.07. The number of nitrogens with one attached hydrogen (secondary N) is 1. The lowest BCUT2D eigenvalue weighted by Gasteiger charge is -2.37. The van der Waals surface area contributed by atoms with E-state index in [4.69, 9.17) is 11.6 Å². The van der Waals surface area contributed by atoms with E-state index in [1.165, 1.54) is 0 Å². The number of carbonyl (C=O) groups is 2. The number of carboxylic acids is 1. The summed E-state index contributed by atoms with van der Waals surface area (Å²) < 4.78 is 0. The predicted molar refractivity (Wildman–Crippen MR) is 111 cm³/mol. The minimum absolute atomic E-state index is 0.0286. The highest BCUT2D eigenvalue weighted by Crippen LogP contribution is 2.32. The van der Waals surface area contributed by atoms with Crippen molar-refractivity contribution in [3.8, 4) is 0 Å². The van der Waals surface area contributed by atoms with Gasteiger partial charge in [-0.3, -0.25) is 4.79 Å². The molecule has 0 radical (unpaired) electrons. The zero-order valence-corrected chi connectivity index (χ0v) is 16.2. The molecule has 2 aromatic carbocycles. The van der Waals surface area contributed by atoms with Crippen molar-refractivity contribution >= 4 is 40.5 Å². The number of aromatic carboxylic acids is 1. The van der Waals surface area contributed by atoms with Gasteiger partial charge in [0.15, 0.2) is 0 Å². The van der Waals surface area contributed by atoms with Gasteiger partial charge in [0.1, 0.15) is 0 Å². The molecule has 1 aliphatic carbocycles. The van der Waals surface area contributed by atoms with Crippen LogP contribution in [0.2, 0.25) is 5.02 Å². The van der Waals surface area contributed by atoms with E-state index < -0.39 is 5.97 Å². The number of hydrogen-bond acceptors (Lipinski definition) is 4. The second-order valence-electron chi connectivity index (χ2n) is 7.25. The van der Waals surface area contributed by atoms with Crippen LogP contribution in [0.1, 0.15) is 23.2 Å². The average molecular weight is 400 g/mol. The number of carboxylic acid groups (broad SMARTS) is 1. The molecular weight excluding hydrogens is 378 g/mol. The quantitative estimate of drug-likeness (QED) is 0.801. The molecule has 0 bridgehead atoms. The van der Waals surface area contributed by atoms with Crippen LogP contribution in [0.25, 0.3) is 0 Å². The maximum atomic E-state index is 12.0. The van der Waals surface area contributed by atoms with Crippen molar-refractivity contribution in [1.29, 1.82) is 0 Å². The molecule has 0 aromatic heterocycles. The summed E-state index contributed by atoms with van der Waals surface area (Å²) in [5, 5.41) is 13.1. The standard InChI is InChI=1S/C21H22ClN3O3/c22-15-2-1-3-16(12-15)24-8-10-25(11-9-24)17-6-7-19(18(13-17)21(27)28)23-20(26)14-4-5-14/h1-3,6-7,12-14H,4-5,8-11H2,(H,23,26)(H,27,28). The van der Waals surface area contributed by atoms with Crippen LogP contribution < -0.4 is 15.1 Å². The Morgan fingerprint density at radius 1 is 0.964 bits per heavy atom. The summed E-state index contributed by atoms with van der Waals surface area (Å²) in [5.74, 6) is -1.10. The fraction of sp³-hybridized carbons (Fsp3) is 0.333. The average Bonchev–Trinajstić information content (AvgIpc) is 3.54. The van der Waals surface area contributed by atoms with Crippen LogP contribution in [0.15, 0.2) is 42.5 Å². The molecular formula is C21H22ClN3O3. The summed E-state index contributed by atoms with van der Waals surface area (Å²) >= 11 is 6.09. The number of halogens is 1. The second kappa shape index (κ2) is 7.72. The highest BCUT2D eigenvalue weighted by atomic mass is 35.5. The van der Waals surface area contributed by atoms with Crippen molar-refractivity contribution in [3.63, 3.8) is 0 Å². The molecule has 1 aliphatic heterocycles. The summed E-state index contributed by atoms with van der Waals surface area (Å²) in [6.07, 6.45) is 1.76. The van der Waals surface area contributed by atoms with E-state index in [2.05, 4.69) is 15.1 Å². The molecule has 7 heteroatoms. The molecule has 0 spiro atoms. The highest BCUT2D eigenvalue weighted by Gasteiger charge is 2.30. The Labute approximate surface area is 168 Å². The van der Waals surface area contributed by atoms with Gasteiger partial charge in [0, 0.05) is 48.5 Å². The van der Waals surface area contributed by atoms with Gasteiger partial charge in [0.25, 0.3) is 0 Å². The molecule has 2 aliphatic rings. The van der Waals surface area contributed by atoms with Gasteiger partial charge in [0.05, 0.1) is 11.3 Å². The first-order chi connectivity index (χ1) is 13.5. The molecule has 0 atom stereocenters. The van der Waals surface area contributed by atoms with Crippen LogP contribution in [-0.2, 0) is 4.79 Å². The van der Waals surface area contributed by atoms with Crippen LogP contribution in [0.5, 0.6) is 0 Å². The zero-order valence-electron chi connectivity index (χ0n) is 15.4. The smallest absolute Gasteiger partial charge is 0.337 e. The maximum Gasteiger partial charge on any atom is 0.337 e. The van der Waals surface area contributed by atoms with Crippen LogP contribution >= 0.6 is 11.6 Å². The SMILES string of the molecule is O=C(O)c1cc(N2CCN(c3cccc(Cl)c3)CC2)ccc1NC(=O)C1CC1. The summed E-state index contributed by atoms with van der Waals surface area (Å²) in [4.78, 5) is 28.1. The summed E-state index contributed by atoms with van der Waals surface area (Å²) in [5.41, 5.74) is 2.44. The van der Waals surface area contributed by atoms with Gasteiger partial charge >= 0.3 is 5.97 Å². The molecule has 6 nitrogen and oxygen atoms in total. The molecule has 2 aromatic rings. The number of nitrogens with zero attached hydrogens (tertiary/aromatic N) is 2. The summed E-state index contributed by atoms with van der Waals surface area (Å²) in [6, 6.07) is 13.0. The highest BCUT2D eigenvalue weighted by molar-refractivity contribution is 6.30. The topological polar surface area (TPSA) is 72.9 Å². The minimum atomic E-state index is -1.04. The molecule has 1 amide bonds. The molecule has 1 heterocycles. The summed E-state index contributed by atoms with van der Waals surface area (Å²) in [7, 11) is 0. The fourth-order valence-electron chi connectivity index (χ4n) is 3.49. The number of amides is 1. The van der Waals surface area contributed by atoms with Gasteiger partial charge in [-0.15, -0.1) is 0 Å². The van der Waals surface area contributed by atoms with E-state index in [9.17, 15) is 14.7 Å². The number of hydrogen-bond donors (Lipinski definition) is 2. The Kier molecular flexibility index (Phi) is 5.13. The molecule has 146 valence electrons. The van der Waals surface area contributed by atoms with Crippen LogP contribution in [0.4, 0.5) is 17.1 Å². The summed E-state index contributed by atoms with van der Waals surface area (Å²) in [6.45, 7) is 3.20. The molecule has 4 rings (SSSR count). The van der Waals surface area contributed by atoms with Gasteiger partial charge in [-0.1, -0.05) is 17.7 Å². The molecule has 2 N–H and O–H groups in total. The van der Waals surface area contributed by atoms with Crippen molar-refractivity contribution in [1.82, 2.24) is 0 Å². The Bertz CT molecular complexity index is 906. The number of benzene rings is 2. The van der Waals surface area contributed by atoms with Gasteiger partial charge in [0.2, 0.25) is 5.91 Å². The van der Waals surface area contributed by atoms with Crippen LogP contribution in [0.3, 0.4) is 0 Å². The first kappa shape index (κ1) is 18.6. The predicted octanol–water partition coefficient (Wildman–Crippen LogP) is 3.71. The largest absolute Gasteiger partial charge is 0.478 e. The van der Waals surface area contributed by atoms with Crippen LogP contribution in [-0.4, -0.2) is 43.2 Å². The number of rotatable bonds is 5.